The van der Waals surface area contributed by atoms with Gasteiger partial charge in [0.05, 0.1) is 5.56 Å². The molecule has 0 unspecified atom stereocenters. The molecule has 0 N–H and O–H groups in total. The van der Waals surface area contributed by atoms with Crippen LogP contribution >= 0.6 is 0 Å². The van der Waals surface area contributed by atoms with E-state index in [9.17, 15) is 9.59 Å². The largest absolute Gasteiger partial charge is 0.450 e. The van der Waals surface area contributed by atoms with Crippen molar-refractivity contribution >= 4 is 11.9 Å². The highest BCUT2D eigenvalue weighted by atomic mass is 16.6. The van der Waals surface area contributed by atoms with E-state index in [-0.39, 0.29) is 17.3 Å². The Labute approximate surface area is 125 Å². The highest BCUT2D eigenvalue weighted by Gasteiger charge is 2.48. The van der Waals surface area contributed by atoms with E-state index in [0.29, 0.717) is 31.5 Å². The molecule has 2 heterocycles. The summed E-state index contributed by atoms with van der Waals surface area (Å²) in [5.41, 5.74) is 0.767. The monoisotopic (exact) mass is 287 g/mol. The van der Waals surface area contributed by atoms with Gasteiger partial charge in [0.2, 0.25) is 5.91 Å². The molecular formula is C17H21NO3. The van der Waals surface area contributed by atoms with E-state index in [2.05, 4.69) is 0 Å². The van der Waals surface area contributed by atoms with Crippen molar-refractivity contribution in [2.24, 2.45) is 5.41 Å². The van der Waals surface area contributed by atoms with Crippen LogP contribution in [0.25, 0.3) is 0 Å². The lowest BCUT2D eigenvalue weighted by Gasteiger charge is -2.40. The van der Waals surface area contributed by atoms with Crippen LogP contribution in [0.3, 0.4) is 0 Å². The summed E-state index contributed by atoms with van der Waals surface area (Å²) in [6, 6.07) is 7.59. The molecule has 1 spiro atoms. The number of carbonyl (C=O) groups is 2. The van der Waals surface area contributed by atoms with E-state index in [0.717, 1.165) is 5.56 Å². The molecule has 2 aliphatic heterocycles. The second kappa shape index (κ2) is 4.58. The first kappa shape index (κ1) is 14.1. The van der Waals surface area contributed by atoms with Crippen molar-refractivity contribution in [2.45, 2.75) is 39.2 Å². The predicted molar refractivity (Wildman–Crippen MR) is 78.8 cm³/mol. The Morgan fingerprint density at radius 3 is 2.43 bits per heavy atom. The van der Waals surface area contributed by atoms with Crippen molar-refractivity contribution in [1.82, 2.24) is 4.90 Å². The van der Waals surface area contributed by atoms with Gasteiger partial charge < -0.3 is 9.64 Å². The maximum absolute atomic E-state index is 12.4. The van der Waals surface area contributed by atoms with Crippen LogP contribution in [0.2, 0.25) is 0 Å². The maximum atomic E-state index is 12.4. The summed E-state index contributed by atoms with van der Waals surface area (Å²) in [6.45, 7) is 7.08. The van der Waals surface area contributed by atoms with E-state index < -0.39 is 5.60 Å². The molecule has 0 radical (unpaired) electrons. The molecule has 0 saturated carbocycles. The quantitative estimate of drug-likeness (QED) is 0.689. The third-order valence-corrected chi connectivity index (χ3v) is 4.43. The van der Waals surface area contributed by atoms with Crippen LogP contribution < -0.4 is 0 Å². The number of carbonyl (C=O) groups excluding carboxylic acids is 2. The Kier molecular flexibility index (Phi) is 3.08. The molecule has 4 heteroatoms. The predicted octanol–water partition coefficient (Wildman–Crippen LogP) is 2.72. The summed E-state index contributed by atoms with van der Waals surface area (Å²) in [5, 5.41) is 0. The molecule has 0 aromatic heterocycles. The Morgan fingerprint density at radius 1 is 1.19 bits per heavy atom. The van der Waals surface area contributed by atoms with Crippen molar-refractivity contribution in [2.75, 3.05) is 13.1 Å². The molecule has 3 rings (SSSR count). The average Bonchev–Trinajstić information content (AvgIpc) is 2.72. The van der Waals surface area contributed by atoms with Crippen LogP contribution in [0, 0.1) is 5.41 Å². The molecule has 1 saturated heterocycles. The number of esters is 1. The number of amides is 1. The van der Waals surface area contributed by atoms with Crippen LogP contribution in [0.4, 0.5) is 0 Å². The van der Waals surface area contributed by atoms with E-state index in [4.69, 9.17) is 4.74 Å². The third kappa shape index (κ3) is 2.23. The van der Waals surface area contributed by atoms with Crippen LogP contribution in [-0.2, 0) is 15.1 Å². The van der Waals surface area contributed by atoms with Gasteiger partial charge in [-0.2, -0.15) is 0 Å². The van der Waals surface area contributed by atoms with Crippen molar-refractivity contribution in [3.8, 4) is 0 Å². The summed E-state index contributed by atoms with van der Waals surface area (Å²) < 4.78 is 5.70. The topological polar surface area (TPSA) is 46.6 Å². The van der Waals surface area contributed by atoms with Gasteiger partial charge in [-0.15, -0.1) is 0 Å². The van der Waals surface area contributed by atoms with Gasteiger partial charge in [-0.25, -0.2) is 4.79 Å². The molecule has 1 aromatic rings. The molecule has 0 aliphatic carbocycles. The lowest BCUT2D eigenvalue weighted by Crippen LogP contribution is -2.48. The first-order valence-corrected chi connectivity index (χ1v) is 7.46. The van der Waals surface area contributed by atoms with Crippen LogP contribution in [0.5, 0.6) is 0 Å². The molecule has 4 nitrogen and oxygen atoms in total. The third-order valence-electron chi connectivity index (χ3n) is 4.43. The molecule has 1 fully saturated rings. The van der Waals surface area contributed by atoms with Crippen molar-refractivity contribution < 1.29 is 14.3 Å². The second-order valence-corrected chi connectivity index (χ2v) is 6.97. The minimum atomic E-state index is -0.525. The van der Waals surface area contributed by atoms with Gasteiger partial charge >= 0.3 is 5.97 Å². The summed E-state index contributed by atoms with van der Waals surface area (Å²) in [6.07, 6.45) is 1.36. The second-order valence-electron chi connectivity index (χ2n) is 6.97. The van der Waals surface area contributed by atoms with E-state index in [1.54, 1.807) is 0 Å². The molecular weight excluding hydrogens is 266 g/mol. The number of piperidine rings is 1. The molecule has 1 aromatic carbocycles. The van der Waals surface area contributed by atoms with Gasteiger partial charge in [-0.3, -0.25) is 4.79 Å². The standard InChI is InChI=1S/C17H21NO3/c1-16(2,3)15(20)18-10-8-17(9-11-18)13-7-5-4-6-12(13)14(19)21-17/h4-7H,8-11H2,1-3H3. The smallest absolute Gasteiger partial charge is 0.339 e. The fraction of sp³-hybridized carbons (Fsp3) is 0.529. The SMILES string of the molecule is CC(C)(C)C(=O)N1CCC2(CC1)OC(=O)c1ccccc12. The van der Waals surface area contributed by atoms with Crippen molar-refractivity contribution in [3.05, 3.63) is 35.4 Å². The lowest BCUT2D eigenvalue weighted by atomic mass is 9.83. The molecule has 2 aliphatic rings. The van der Waals surface area contributed by atoms with E-state index >= 15 is 0 Å². The zero-order chi connectivity index (χ0) is 15.3. The fourth-order valence-electron chi connectivity index (χ4n) is 3.26. The van der Waals surface area contributed by atoms with Gasteiger partial charge in [0.25, 0.3) is 0 Å². The average molecular weight is 287 g/mol. The highest BCUT2D eigenvalue weighted by Crippen LogP contribution is 2.44. The summed E-state index contributed by atoms with van der Waals surface area (Å²) in [4.78, 5) is 26.3. The Hall–Kier alpha value is -1.84. The first-order chi connectivity index (χ1) is 9.83. The van der Waals surface area contributed by atoms with Gasteiger partial charge in [0, 0.05) is 36.9 Å². The van der Waals surface area contributed by atoms with E-state index in [1.807, 2.05) is 49.9 Å². The molecule has 0 bridgehead atoms. The number of likely N-dealkylation sites (tertiary alicyclic amines) is 1. The lowest BCUT2D eigenvalue weighted by molar-refractivity contribution is -0.143. The number of hydrogen-bond acceptors (Lipinski definition) is 3. The number of rotatable bonds is 0. The van der Waals surface area contributed by atoms with Gasteiger partial charge in [-0.1, -0.05) is 39.0 Å². The number of benzene rings is 1. The van der Waals surface area contributed by atoms with Gasteiger partial charge in [0.1, 0.15) is 5.60 Å². The normalized spacial score (nSPS) is 20.3. The van der Waals surface area contributed by atoms with Gasteiger partial charge in [-0.05, 0) is 6.07 Å². The molecule has 112 valence electrons. The number of ether oxygens (including phenoxy) is 1. The number of nitrogens with zero attached hydrogens (tertiary/aromatic N) is 1. The zero-order valence-electron chi connectivity index (χ0n) is 12.8. The van der Waals surface area contributed by atoms with Crippen LogP contribution in [0.1, 0.15) is 49.5 Å². The van der Waals surface area contributed by atoms with Crippen molar-refractivity contribution in [1.29, 1.82) is 0 Å². The summed E-state index contributed by atoms with van der Waals surface area (Å²) in [5.74, 6) is -0.0730. The van der Waals surface area contributed by atoms with Crippen molar-refractivity contribution in [3.63, 3.8) is 0 Å². The molecule has 0 atom stereocenters. The number of hydrogen-bond donors (Lipinski definition) is 0. The summed E-state index contributed by atoms with van der Waals surface area (Å²) >= 11 is 0. The van der Waals surface area contributed by atoms with E-state index in [1.165, 1.54) is 0 Å². The highest BCUT2D eigenvalue weighted by molar-refractivity contribution is 5.94. The molecule has 1 amide bonds. The maximum Gasteiger partial charge on any atom is 0.339 e. The summed E-state index contributed by atoms with van der Waals surface area (Å²) in [7, 11) is 0. The molecule has 21 heavy (non-hydrogen) atoms. The Morgan fingerprint density at radius 2 is 1.81 bits per heavy atom. The Balaban J connectivity index is 1.81. The van der Waals surface area contributed by atoms with Crippen LogP contribution in [0.15, 0.2) is 24.3 Å². The van der Waals surface area contributed by atoms with Crippen LogP contribution in [-0.4, -0.2) is 29.9 Å². The minimum Gasteiger partial charge on any atom is -0.450 e. The zero-order valence-corrected chi connectivity index (χ0v) is 12.8. The first-order valence-electron chi connectivity index (χ1n) is 7.46. The van der Waals surface area contributed by atoms with Gasteiger partial charge in [0.15, 0.2) is 0 Å². The fourth-order valence-corrected chi connectivity index (χ4v) is 3.26. The minimum absolute atomic E-state index is 0.162. The number of fused-ring (bicyclic) bond motifs is 2. The Bertz CT molecular complexity index is 592.